The normalized spacial score (nSPS) is 16.4. The van der Waals surface area contributed by atoms with Crippen molar-refractivity contribution < 1.29 is 14.1 Å². The van der Waals surface area contributed by atoms with E-state index in [-0.39, 0.29) is 0 Å². The molecule has 1 aromatic carbocycles. The van der Waals surface area contributed by atoms with E-state index in [1.165, 1.54) is 5.69 Å². The van der Waals surface area contributed by atoms with E-state index in [0.29, 0.717) is 0 Å². The standard InChI is InChI=1S/C16H20N2O2/c1-19-15-5-2-4-14(12-15)18-9-7-17(8-10-18)13-16-6-3-11-20-16/h2-6,11-12H,7-10,13H2,1H3/p+1. The number of rotatable bonds is 4. The molecule has 1 saturated heterocycles. The lowest BCUT2D eigenvalue weighted by Gasteiger charge is -2.33. The van der Waals surface area contributed by atoms with Crippen LogP contribution in [0.3, 0.4) is 0 Å². The van der Waals surface area contributed by atoms with Gasteiger partial charge in [-0.2, -0.15) is 0 Å². The summed E-state index contributed by atoms with van der Waals surface area (Å²) in [5.41, 5.74) is 1.25. The molecule has 1 aliphatic rings. The second-order valence-corrected chi connectivity index (χ2v) is 5.19. The molecule has 2 aromatic rings. The smallest absolute Gasteiger partial charge is 0.157 e. The van der Waals surface area contributed by atoms with Gasteiger partial charge in [0.25, 0.3) is 0 Å². The van der Waals surface area contributed by atoms with Gasteiger partial charge in [-0.1, -0.05) is 6.07 Å². The Morgan fingerprint density at radius 2 is 2.05 bits per heavy atom. The lowest BCUT2D eigenvalue weighted by atomic mass is 10.2. The molecule has 0 bridgehead atoms. The van der Waals surface area contributed by atoms with E-state index >= 15 is 0 Å². The largest absolute Gasteiger partial charge is 0.497 e. The van der Waals surface area contributed by atoms with Crippen LogP contribution in [0.1, 0.15) is 5.76 Å². The first-order chi connectivity index (χ1) is 9.85. The van der Waals surface area contributed by atoms with Crippen LogP contribution >= 0.6 is 0 Å². The van der Waals surface area contributed by atoms with Gasteiger partial charge in [0.15, 0.2) is 5.76 Å². The van der Waals surface area contributed by atoms with Crippen molar-refractivity contribution in [2.45, 2.75) is 6.54 Å². The molecule has 1 fully saturated rings. The maximum Gasteiger partial charge on any atom is 0.157 e. The first-order valence-electron chi connectivity index (χ1n) is 7.10. The molecular weight excluding hydrogens is 252 g/mol. The third-order valence-electron chi connectivity index (χ3n) is 3.89. The lowest BCUT2D eigenvalue weighted by molar-refractivity contribution is -0.915. The summed E-state index contributed by atoms with van der Waals surface area (Å²) < 4.78 is 10.7. The summed E-state index contributed by atoms with van der Waals surface area (Å²) in [5.74, 6) is 2.00. The van der Waals surface area contributed by atoms with Gasteiger partial charge in [0, 0.05) is 11.8 Å². The Bertz CT molecular complexity index is 531. The average Bonchev–Trinajstić information content (AvgIpc) is 3.01. The molecule has 1 N–H and O–H groups in total. The molecule has 4 nitrogen and oxygen atoms in total. The van der Waals surface area contributed by atoms with E-state index in [1.54, 1.807) is 18.3 Å². The zero-order valence-corrected chi connectivity index (χ0v) is 11.8. The van der Waals surface area contributed by atoms with Crippen LogP contribution in [0.4, 0.5) is 5.69 Å². The van der Waals surface area contributed by atoms with Gasteiger partial charge in [-0.05, 0) is 24.3 Å². The SMILES string of the molecule is COc1cccc(N2CC[NH+](Cc3ccco3)CC2)c1. The Labute approximate surface area is 119 Å². The quantitative estimate of drug-likeness (QED) is 0.907. The van der Waals surface area contributed by atoms with Gasteiger partial charge in [-0.15, -0.1) is 0 Å². The molecule has 4 heteroatoms. The van der Waals surface area contributed by atoms with Gasteiger partial charge >= 0.3 is 0 Å². The Hall–Kier alpha value is -1.94. The van der Waals surface area contributed by atoms with E-state index in [2.05, 4.69) is 29.2 Å². The number of nitrogens with zero attached hydrogens (tertiary/aromatic N) is 1. The predicted molar refractivity (Wildman–Crippen MR) is 78.3 cm³/mol. The number of hydrogen-bond donors (Lipinski definition) is 1. The van der Waals surface area contributed by atoms with Crippen LogP contribution in [0.5, 0.6) is 5.75 Å². The predicted octanol–water partition coefficient (Wildman–Crippen LogP) is 1.19. The van der Waals surface area contributed by atoms with Crippen molar-refractivity contribution >= 4 is 5.69 Å². The lowest BCUT2D eigenvalue weighted by Crippen LogP contribution is -3.13. The van der Waals surface area contributed by atoms with Gasteiger partial charge < -0.3 is 19.0 Å². The topological polar surface area (TPSA) is 30.1 Å². The fourth-order valence-electron chi connectivity index (χ4n) is 2.72. The van der Waals surface area contributed by atoms with Gasteiger partial charge in [0.2, 0.25) is 0 Å². The zero-order valence-electron chi connectivity index (χ0n) is 11.8. The molecule has 2 heterocycles. The zero-order chi connectivity index (χ0) is 13.8. The number of quaternary nitrogens is 1. The van der Waals surface area contributed by atoms with E-state index in [9.17, 15) is 0 Å². The number of nitrogens with one attached hydrogen (secondary N) is 1. The summed E-state index contributed by atoms with van der Waals surface area (Å²) >= 11 is 0. The first kappa shape index (κ1) is 13.1. The highest BCUT2D eigenvalue weighted by Crippen LogP contribution is 2.20. The minimum absolute atomic E-state index is 0.924. The van der Waals surface area contributed by atoms with Crippen molar-refractivity contribution in [2.75, 3.05) is 38.2 Å². The molecule has 0 amide bonds. The summed E-state index contributed by atoms with van der Waals surface area (Å²) in [6.45, 7) is 5.40. The van der Waals surface area contributed by atoms with Crippen molar-refractivity contribution in [1.82, 2.24) is 0 Å². The van der Waals surface area contributed by atoms with Crippen LogP contribution < -0.4 is 14.5 Å². The van der Waals surface area contributed by atoms with Gasteiger partial charge in [0.1, 0.15) is 12.3 Å². The van der Waals surface area contributed by atoms with Crippen molar-refractivity contribution in [3.05, 3.63) is 48.4 Å². The fraction of sp³-hybridized carbons (Fsp3) is 0.375. The van der Waals surface area contributed by atoms with Crippen molar-refractivity contribution in [3.8, 4) is 5.75 Å². The number of benzene rings is 1. The highest BCUT2D eigenvalue weighted by Gasteiger charge is 2.21. The van der Waals surface area contributed by atoms with Crippen molar-refractivity contribution in [1.29, 1.82) is 0 Å². The summed E-state index contributed by atoms with van der Waals surface area (Å²) in [6, 6.07) is 12.3. The highest BCUT2D eigenvalue weighted by molar-refractivity contribution is 5.50. The Kier molecular flexibility index (Phi) is 3.92. The van der Waals surface area contributed by atoms with Crippen molar-refractivity contribution in [3.63, 3.8) is 0 Å². The molecule has 0 aliphatic carbocycles. The third-order valence-corrected chi connectivity index (χ3v) is 3.89. The number of piperazine rings is 1. The molecule has 1 aromatic heterocycles. The van der Waals surface area contributed by atoms with Crippen LogP contribution in [0.15, 0.2) is 47.1 Å². The molecular formula is C16H21N2O2+. The van der Waals surface area contributed by atoms with Crippen molar-refractivity contribution in [2.24, 2.45) is 0 Å². The minimum Gasteiger partial charge on any atom is -0.497 e. The van der Waals surface area contributed by atoms with E-state index in [4.69, 9.17) is 9.15 Å². The second-order valence-electron chi connectivity index (χ2n) is 5.19. The van der Waals surface area contributed by atoms with Crippen LogP contribution in [-0.4, -0.2) is 33.3 Å². The maximum atomic E-state index is 5.43. The number of hydrogen-bond acceptors (Lipinski definition) is 3. The van der Waals surface area contributed by atoms with Crippen LogP contribution in [0, 0.1) is 0 Å². The summed E-state index contributed by atoms with van der Waals surface area (Å²) in [6.07, 6.45) is 1.75. The van der Waals surface area contributed by atoms with Gasteiger partial charge in [0.05, 0.1) is 39.6 Å². The molecule has 106 valence electrons. The summed E-state index contributed by atoms with van der Waals surface area (Å²) in [7, 11) is 1.71. The molecule has 0 spiro atoms. The number of ether oxygens (including phenoxy) is 1. The van der Waals surface area contributed by atoms with Crippen LogP contribution in [0.25, 0.3) is 0 Å². The van der Waals surface area contributed by atoms with Gasteiger partial charge in [-0.25, -0.2) is 0 Å². The minimum atomic E-state index is 0.924. The summed E-state index contributed by atoms with van der Waals surface area (Å²) in [4.78, 5) is 4.01. The number of furan rings is 1. The number of anilines is 1. The highest BCUT2D eigenvalue weighted by atomic mass is 16.5. The average molecular weight is 273 g/mol. The third kappa shape index (κ3) is 2.96. The molecule has 20 heavy (non-hydrogen) atoms. The molecule has 1 aliphatic heterocycles. The molecule has 3 rings (SSSR count). The van der Waals surface area contributed by atoms with E-state index in [1.807, 2.05) is 12.1 Å². The molecule has 0 saturated carbocycles. The van der Waals surface area contributed by atoms with Crippen LogP contribution in [0.2, 0.25) is 0 Å². The summed E-state index contributed by atoms with van der Waals surface area (Å²) in [5, 5.41) is 0. The fourth-order valence-corrected chi connectivity index (χ4v) is 2.72. The van der Waals surface area contributed by atoms with Crippen LogP contribution in [-0.2, 0) is 6.54 Å². The van der Waals surface area contributed by atoms with E-state index < -0.39 is 0 Å². The molecule has 0 unspecified atom stereocenters. The Balaban J connectivity index is 1.57. The maximum absolute atomic E-state index is 5.43. The van der Waals surface area contributed by atoms with Gasteiger partial charge in [-0.3, -0.25) is 0 Å². The first-order valence-corrected chi connectivity index (χ1v) is 7.10. The monoisotopic (exact) mass is 273 g/mol. The molecule has 0 radical (unpaired) electrons. The Morgan fingerprint density at radius 3 is 2.75 bits per heavy atom. The van der Waals surface area contributed by atoms with E-state index in [0.717, 1.165) is 44.2 Å². The second kappa shape index (κ2) is 6.01. The molecule has 0 atom stereocenters. The number of methoxy groups -OCH3 is 1. The Morgan fingerprint density at radius 1 is 1.20 bits per heavy atom.